The zero-order chi connectivity index (χ0) is 21.9. The summed E-state index contributed by atoms with van der Waals surface area (Å²) in [5, 5.41) is 4.17. The van der Waals surface area contributed by atoms with Crippen LogP contribution in [0.15, 0.2) is 5.16 Å². The summed E-state index contributed by atoms with van der Waals surface area (Å²) in [4.78, 5) is 19.7. The lowest BCUT2D eigenvalue weighted by Gasteiger charge is -2.24. The van der Waals surface area contributed by atoms with E-state index in [2.05, 4.69) is 22.2 Å². The summed E-state index contributed by atoms with van der Waals surface area (Å²) in [6, 6.07) is -0.146. The van der Waals surface area contributed by atoms with E-state index in [1.165, 1.54) is 18.7 Å². The number of anilines is 2. The largest absolute Gasteiger partial charge is 0.463 e. The van der Waals surface area contributed by atoms with Crippen LogP contribution in [0.25, 0.3) is 0 Å². The summed E-state index contributed by atoms with van der Waals surface area (Å²) in [6.07, 6.45) is 0.875. The summed E-state index contributed by atoms with van der Waals surface area (Å²) in [5.41, 5.74) is 6.43. The van der Waals surface area contributed by atoms with E-state index >= 15 is 0 Å². The highest BCUT2D eigenvalue weighted by Crippen LogP contribution is 2.41. The molecule has 168 valence electrons. The molecular weight excluding hydrogens is 432 g/mol. The lowest BCUT2D eigenvalue weighted by Crippen LogP contribution is -2.35. The number of nitrogens with zero attached hydrogens (tertiary/aromatic N) is 2. The Morgan fingerprint density at radius 2 is 2.07 bits per heavy atom. The molecule has 1 saturated heterocycles. The molecule has 0 aromatic carbocycles. The van der Waals surface area contributed by atoms with Crippen LogP contribution in [0.2, 0.25) is 5.15 Å². The molecule has 4 atom stereocenters. The van der Waals surface area contributed by atoms with Crippen LogP contribution in [0.3, 0.4) is 0 Å². The first-order chi connectivity index (χ1) is 14.2. The van der Waals surface area contributed by atoms with Crippen LogP contribution in [0, 0.1) is 0 Å². The van der Waals surface area contributed by atoms with Gasteiger partial charge >= 0.3 is 5.97 Å². The van der Waals surface area contributed by atoms with Crippen LogP contribution >= 0.6 is 23.4 Å². The fraction of sp³-hybridized carbons (Fsp3) is 0.737. The monoisotopic (exact) mass is 460 g/mol. The zero-order valence-electron chi connectivity index (χ0n) is 17.6. The molecular formula is C19H29ClN4O5S. The molecule has 3 N–H and O–H groups in total. The molecule has 1 saturated carbocycles. The molecule has 2 heterocycles. The lowest BCUT2D eigenvalue weighted by atomic mass is 10.2. The summed E-state index contributed by atoms with van der Waals surface area (Å²) in [6.45, 7) is 7.67. The van der Waals surface area contributed by atoms with E-state index in [1.807, 2.05) is 13.8 Å². The molecule has 9 nitrogen and oxygen atoms in total. The van der Waals surface area contributed by atoms with Crippen molar-refractivity contribution in [2.75, 3.05) is 30.0 Å². The topological polar surface area (TPSA) is 118 Å². The van der Waals surface area contributed by atoms with Crippen molar-refractivity contribution in [2.24, 2.45) is 0 Å². The molecule has 0 spiro atoms. The van der Waals surface area contributed by atoms with Crippen LogP contribution < -0.4 is 11.1 Å². The van der Waals surface area contributed by atoms with E-state index < -0.39 is 5.79 Å². The van der Waals surface area contributed by atoms with E-state index in [0.717, 1.165) is 12.2 Å². The maximum atomic E-state index is 10.9. The van der Waals surface area contributed by atoms with Crippen LogP contribution in [0.5, 0.6) is 0 Å². The van der Waals surface area contributed by atoms with Crippen molar-refractivity contribution >= 4 is 40.8 Å². The number of rotatable bonds is 9. The van der Waals surface area contributed by atoms with E-state index in [-0.39, 0.29) is 48.7 Å². The molecule has 1 aliphatic carbocycles. The molecule has 2 fully saturated rings. The number of nitrogens with one attached hydrogen (secondary N) is 1. The molecule has 30 heavy (non-hydrogen) atoms. The van der Waals surface area contributed by atoms with Crippen LogP contribution in [-0.4, -0.2) is 65.0 Å². The van der Waals surface area contributed by atoms with Gasteiger partial charge < -0.3 is 30.0 Å². The maximum Gasteiger partial charge on any atom is 0.302 e. The second-order valence-electron chi connectivity index (χ2n) is 7.71. The molecule has 1 aromatic heterocycles. The van der Waals surface area contributed by atoms with Gasteiger partial charge in [0.15, 0.2) is 21.9 Å². The van der Waals surface area contributed by atoms with Gasteiger partial charge in [-0.05, 0) is 26.7 Å². The van der Waals surface area contributed by atoms with Crippen molar-refractivity contribution in [1.29, 1.82) is 0 Å². The fourth-order valence-electron chi connectivity index (χ4n) is 3.59. The number of thioether (sulfide) groups is 1. The fourth-order valence-corrected chi connectivity index (χ4v) is 4.51. The number of hydrogen-bond donors (Lipinski definition) is 2. The van der Waals surface area contributed by atoms with Crippen molar-refractivity contribution in [3.05, 3.63) is 5.15 Å². The molecule has 1 aliphatic heterocycles. The highest BCUT2D eigenvalue weighted by molar-refractivity contribution is 7.99. The quantitative estimate of drug-likeness (QED) is 0.187. The third-order valence-corrected chi connectivity index (χ3v) is 6.11. The zero-order valence-corrected chi connectivity index (χ0v) is 19.2. The number of carbonyl (C=O) groups is 1. The first-order valence-corrected chi connectivity index (χ1v) is 11.4. The van der Waals surface area contributed by atoms with E-state index in [4.69, 9.17) is 36.3 Å². The number of halogens is 1. The first kappa shape index (κ1) is 23.3. The predicted octanol–water partition coefficient (Wildman–Crippen LogP) is 2.87. The Labute approximate surface area is 185 Å². The molecule has 3 rings (SSSR count). The Morgan fingerprint density at radius 3 is 2.77 bits per heavy atom. The Morgan fingerprint density at radius 1 is 1.33 bits per heavy atom. The van der Waals surface area contributed by atoms with Gasteiger partial charge in [0.05, 0.1) is 18.8 Å². The second kappa shape index (κ2) is 9.86. The third kappa shape index (κ3) is 5.67. The molecule has 0 bridgehead atoms. The first-order valence-electron chi connectivity index (χ1n) is 10.0. The van der Waals surface area contributed by atoms with E-state index in [1.54, 1.807) is 0 Å². The average molecular weight is 461 g/mol. The average Bonchev–Trinajstić information content (AvgIpc) is 3.14. The van der Waals surface area contributed by atoms with Crippen molar-refractivity contribution in [3.63, 3.8) is 0 Å². The smallest absolute Gasteiger partial charge is 0.302 e. The lowest BCUT2D eigenvalue weighted by molar-refractivity contribution is -0.168. The SMILES string of the molecule is CCCSc1nc(Cl)c(N)c(N[C@@H]2C[C@H](OCCOC(C)=O)[C@H]3OC(C)(C)O[C@H]32)n1. The normalized spacial score (nSPS) is 27.1. The van der Waals surface area contributed by atoms with E-state index in [9.17, 15) is 4.79 Å². The highest BCUT2D eigenvalue weighted by Gasteiger charge is 2.54. The van der Waals surface area contributed by atoms with Gasteiger partial charge in [0.2, 0.25) is 0 Å². The summed E-state index contributed by atoms with van der Waals surface area (Å²) < 4.78 is 23.1. The number of esters is 1. The number of fused-ring (bicyclic) bond motifs is 1. The standard InChI is InChI=1S/C19H29ClN4O5S/c1-5-8-30-18-23-16(20)13(21)17(24-18)22-11-9-12(27-7-6-26-10(2)25)15-14(11)28-19(3,4)29-15/h11-12,14-15H,5-9,21H2,1-4H3,(H,22,23,24)/t11-,12+,14+,15-/m1/s1. The molecule has 2 aliphatic rings. The minimum atomic E-state index is -0.732. The number of nitrogens with two attached hydrogens (primary N) is 1. The highest BCUT2D eigenvalue weighted by atomic mass is 35.5. The summed E-state index contributed by atoms with van der Waals surface area (Å²) in [5.74, 6) is 0.296. The van der Waals surface area contributed by atoms with Crippen molar-refractivity contribution < 1.29 is 23.7 Å². The predicted molar refractivity (Wildman–Crippen MR) is 115 cm³/mol. The molecule has 0 unspecified atom stereocenters. The Balaban J connectivity index is 1.72. The molecule has 11 heteroatoms. The summed E-state index contributed by atoms with van der Waals surface area (Å²) >= 11 is 7.75. The van der Waals surface area contributed by atoms with Crippen LogP contribution in [0.1, 0.15) is 40.5 Å². The Bertz CT molecular complexity index is 769. The van der Waals surface area contributed by atoms with Gasteiger partial charge in [-0.1, -0.05) is 30.3 Å². The number of hydrogen-bond acceptors (Lipinski definition) is 10. The van der Waals surface area contributed by atoms with Gasteiger partial charge in [-0.15, -0.1) is 0 Å². The Hall–Kier alpha value is -1.33. The van der Waals surface area contributed by atoms with Gasteiger partial charge in [-0.25, -0.2) is 9.97 Å². The Kier molecular flexibility index (Phi) is 7.67. The van der Waals surface area contributed by atoms with Crippen molar-refractivity contribution in [3.8, 4) is 0 Å². The van der Waals surface area contributed by atoms with Gasteiger partial charge in [-0.3, -0.25) is 4.79 Å². The van der Waals surface area contributed by atoms with Crippen LogP contribution in [-0.2, 0) is 23.7 Å². The molecule has 1 aromatic rings. The number of aromatic nitrogens is 2. The van der Waals surface area contributed by atoms with Crippen LogP contribution in [0.4, 0.5) is 11.5 Å². The van der Waals surface area contributed by atoms with Gasteiger partial charge in [0, 0.05) is 12.7 Å². The molecule has 0 amide bonds. The maximum absolute atomic E-state index is 10.9. The molecule has 0 radical (unpaired) electrons. The van der Waals surface area contributed by atoms with Gasteiger partial charge in [0.1, 0.15) is 24.5 Å². The minimum Gasteiger partial charge on any atom is -0.463 e. The van der Waals surface area contributed by atoms with Crippen molar-refractivity contribution in [2.45, 2.75) is 75.8 Å². The summed E-state index contributed by atoms with van der Waals surface area (Å²) in [7, 11) is 0. The third-order valence-electron chi connectivity index (χ3n) is 4.77. The van der Waals surface area contributed by atoms with Gasteiger partial charge in [0.25, 0.3) is 0 Å². The minimum absolute atomic E-state index is 0.146. The number of carbonyl (C=O) groups excluding carboxylic acids is 1. The number of ether oxygens (including phenoxy) is 4. The van der Waals surface area contributed by atoms with Gasteiger partial charge in [-0.2, -0.15) is 0 Å². The van der Waals surface area contributed by atoms with E-state index in [0.29, 0.717) is 23.1 Å². The second-order valence-corrected chi connectivity index (χ2v) is 9.13. The van der Waals surface area contributed by atoms with Crippen molar-refractivity contribution in [1.82, 2.24) is 9.97 Å². The number of nitrogen functional groups attached to an aromatic ring is 1.